The first kappa shape index (κ1) is 13.5. The molecule has 20 heavy (non-hydrogen) atoms. The van der Waals surface area contributed by atoms with E-state index in [0.29, 0.717) is 5.92 Å². The smallest absolute Gasteiger partial charge is 0.209 e. The molecule has 3 nitrogen and oxygen atoms in total. The van der Waals surface area contributed by atoms with Crippen LogP contribution >= 0.6 is 0 Å². The molecular formula is C17H22O3. The zero-order valence-corrected chi connectivity index (χ0v) is 12.6. The van der Waals surface area contributed by atoms with Gasteiger partial charge in [-0.2, -0.15) is 0 Å². The third kappa shape index (κ3) is 2.01. The molecule has 0 radical (unpaired) electrons. The van der Waals surface area contributed by atoms with Crippen molar-refractivity contribution < 1.29 is 14.6 Å². The molecule has 1 aromatic carbocycles. The van der Waals surface area contributed by atoms with Crippen LogP contribution in [0.2, 0.25) is 0 Å². The number of hydrogen-bond acceptors (Lipinski definition) is 3. The van der Waals surface area contributed by atoms with E-state index in [-0.39, 0.29) is 5.92 Å². The minimum Gasteiger partial charge on any atom is -0.497 e. The predicted molar refractivity (Wildman–Crippen MR) is 78.1 cm³/mol. The quantitative estimate of drug-likeness (QED) is 0.795. The molecule has 2 aliphatic rings. The van der Waals surface area contributed by atoms with Crippen molar-refractivity contribution in [2.24, 2.45) is 5.92 Å². The molecular weight excluding hydrogens is 252 g/mol. The number of hydrogen-bond donors (Lipinski definition) is 1. The van der Waals surface area contributed by atoms with Crippen LogP contribution in [0.5, 0.6) is 11.5 Å². The summed E-state index contributed by atoms with van der Waals surface area (Å²) in [5.74, 6) is 0.924. The predicted octanol–water partition coefficient (Wildman–Crippen LogP) is 3.63. The van der Waals surface area contributed by atoms with E-state index in [4.69, 9.17) is 9.47 Å². The van der Waals surface area contributed by atoms with E-state index in [1.165, 1.54) is 11.1 Å². The molecule has 1 N–H and O–H groups in total. The van der Waals surface area contributed by atoms with Gasteiger partial charge in [-0.05, 0) is 44.9 Å². The van der Waals surface area contributed by atoms with Gasteiger partial charge in [0.05, 0.1) is 7.11 Å². The highest BCUT2D eigenvalue weighted by Gasteiger charge is 2.47. The van der Waals surface area contributed by atoms with E-state index in [1.807, 2.05) is 12.1 Å². The molecule has 0 saturated heterocycles. The van der Waals surface area contributed by atoms with Gasteiger partial charge in [0.2, 0.25) is 5.79 Å². The van der Waals surface area contributed by atoms with Crippen molar-refractivity contribution in [1.82, 2.24) is 0 Å². The maximum Gasteiger partial charge on any atom is 0.209 e. The van der Waals surface area contributed by atoms with Crippen molar-refractivity contribution in [2.45, 2.75) is 45.3 Å². The third-order valence-corrected chi connectivity index (χ3v) is 4.89. The minimum absolute atomic E-state index is 0.103. The highest BCUT2D eigenvalue weighted by molar-refractivity contribution is 5.46. The van der Waals surface area contributed by atoms with Gasteiger partial charge in [-0.15, -0.1) is 0 Å². The lowest BCUT2D eigenvalue weighted by atomic mass is 9.68. The fourth-order valence-electron chi connectivity index (χ4n) is 3.52. The van der Waals surface area contributed by atoms with Gasteiger partial charge in [0.1, 0.15) is 11.5 Å². The average Bonchev–Trinajstić information content (AvgIpc) is 2.40. The van der Waals surface area contributed by atoms with Gasteiger partial charge < -0.3 is 14.6 Å². The van der Waals surface area contributed by atoms with Crippen molar-refractivity contribution in [3.63, 3.8) is 0 Å². The Morgan fingerprint density at radius 3 is 2.65 bits per heavy atom. The van der Waals surface area contributed by atoms with Gasteiger partial charge in [0.15, 0.2) is 0 Å². The molecule has 0 amide bonds. The zero-order chi connectivity index (χ0) is 14.5. The fourth-order valence-corrected chi connectivity index (χ4v) is 3.52. The monoisotopic (exact) mass is 274 g/mol. The SMILES string of the molecule is COc1ccc2c(c1)[C@@H]1CC(C)=C(C)C[C@H]1[C@@](C)(O)O2. The van der Waals surface area contributed by atoms with E-state index < -0.39 is 5.79 Å². The summed E-state index contributed by atoms with van der Waals surface area (Å²) in [5.41, 5.74) is 3.96. The molecule has 0 bridgehead atoms. The van der Waals surface area contributed by atoms with Gasteiger partial charge in [-0.25, -0.2) is 0 Å². The summed E-state index contributed by atoms with van der Waals surface area (Å²) in [6.07, 6.45) is 1.87. The molecule has 0 aromatic heterocycles. The summed E-state index contributed by atoms with van der Waals surface area (Å²) in [6.45, 7) is 6.13. The van der Waals surface area contributed by atoms with Crippen molar-refractivity contribution in [2.75, 3.05) is 7.11 Å². The number of aliphatic hydroxyl groups is 1. The van der Waals surface area contributed by atoms with Crippen LogP contribution in [0.15, 0.2) is 29.3 Å². The number of methoxy groups -OCH3 is 1. The molecule has 1 aliphatic carbocycles. The standard InChI is InChI=1S/C17H22O3/c1-10-7-13-14-9-12(19-4)5-6-16(14)20-17(3,18)15(13)8-11(10)2/h5-6,9,13,15,18H,7-8H2,1-4H3/t13-,15+,17-/m0/s1. The zero-order valence-electron chi connectivity index (χ0n) is 12.6. The number of fused-ring (bicyclic) bond motifs is 3. The van der Waals surface area contributed by atoms with Crippen molar-refractivity contribution in [3.8, 4) is 11.5 Å². The lowest BCUT2D eigenvalue weighted by Crippen LogP contribution is -2.48. The summed E-state index contributed by atoms with van der Waals surface area (Å²) < 4.78 is 11.2. The van der Waals surface area contributed by atoms with Crippen LogP contribution in [0, 0.1) is 5.92 Å². The first-order valence-electron chi connectivity index (χ1n) is 7.17. The normalized spacial score (nSPS) is 32.2. The highest BCUT2D eigenvalue weighted by atomic mass is 16.6. The molecule has 3 atom stereocenters. The van der Waals surface area contributed by atoms with Gasteiger partial charge in [-0.1, -0.05) is 11.1 Å². The van der Waals surface area contributed by atoms with Crippen LogP contribution in [0.25, 0.3) is 0 Å². The first-order chi connectivity index (χ1) is 9.42. The van der Waals surface area contributed by atoms with Crippen molar-refractivity contribution in [1.29, 1.82) is 0 Å². The summed E-state index contributed by atoms with van der Waals surface area (Å²) in [6, 6.07) is 5.83. The van der Waals surface area contributed by atoms with Gasteiger partial charge >= 0.3 is 0 Å². The van der Waals surface area contributed by atoms with Crippen LogP contribution in [0.1, 0.15) is 45.1 Å². The van der Waals surface area contributed by atoms with Crippen LogP contribution in [0.3, 0.4) is 0 Å². The van der Waals surface area contributed by atoms with E-state index in [0.717, 1.165) is 29.9 Å². The topological polar surface area (TPSA) is 38.7 Å². The first-order valence-corrected chi connectivity index (χ1v) is 7.17. The maximum absolute atomic E-state index is 10.7. The second-order valence-electron chi connectivity index (χ2n) is 6.24. The molecule has 1 heterocycles. The maximum atomic E-state index is 10.7. The Bertz CT molecular complexity index is 572. The molecule has 0 saturated carbocycles. The molecule has 3 rings (SSSR count). The second kappa shape index (κ2) is 4.52. The number of rotatable bonds is 1. The van der Waals surface area contributed by atoms with Crippen LogP contribution in [-0.4, -0.2) is 18.0 Å². The van der Waals surface area contributed by atoms with E-state index in [2.05, 4.69) is 19.9 Å². The largest absolute Gasteiger partial charge is 0.497 e. The van der Waals surface area contributed by atoms with Crippen LogP contribution < -0.4 is 9.47 Å². The Morgan fingerprint density at radius 2 is 1.95 bits per heavy atom. The molecule has 0 unspecified atom stereocenters. The third-order valence-electron chi connectivity index (χ3n) is 4.89. The summed E-state index contributed by atoms with van der Waals surface area (Å²) in [4.78, 5) is 0. The van der Waals surface area contributed by atoms with Crippen molar-refractivity contribution >= 4 is 0 Å². The Morgan fingerprint density at radius 1 is 1.25 bits per heavy atom. The summed E-state index contributed by atoms with van der Waals surface area (Å²) >= 11 is 0. The van der Waals surface area contributed by atoms with E-state index in [1.54, 1.807) is 14.0 Å². The van der Waals surface area contributed by atoms with Gasteiger partial charge in [-0.3, -0.25) is 0 Å². The molecule has 3 heteroatoms. The number of allylic oxidation sites excluding steroid dienone is 2. The van der Waals surface area contributed by atoms with Gasteiger partial charge in [0.25, 0.3) is 0 Å². The molecule has 0 spiro atoms. The minimum atomic E-state index is -1.10. The molecule has 0 fully saturated rings. The number of ether oxygens (including phenoxy) is 2. The Labute approximate surface area is 120 Å². The lowest BCUT2D eigenvalue weighted by molar-refractivity contribution is -0.181. The fraction of sp³-hybridized carbons (Fsp3) is 0.529. The van der Waals surface area contributed by atoms with E-state index in [9.17, 15) is 5.11 Å². The Hall–Kier alpha value is -1.48. The molecule has 1 aliphatic heterocycles. The van der Waals surface area contributed by atoms with Crippen LogP contribution in [-0.2, 0) is 0 Å². The summed E-state index contributed by atoms with van der Waals surface area (Å²) in [7, 11) is 1.68. The summed E-state index contributed by atoms with van der Waals surface area (Å²) in [5, 5.41) is 10.7. The highest BCUT2D eigenvalue weighted by Crippen LogP contribution is 2.52. The molecule has 1 aromatic rings. The van der Waals surface area contributed by atoms with Crippen molar-refractivity contribution in [3.05, 3.63) is 34.9 Å². The second-order valence-corrected chi connectivity index (χ2v) is 6.24. The average molecular weight is 274 g/mol. The number of benzene rings is 1. The van der Waals surface area contributed by atoms with Crippen LogP contribution in [0.4, 0.5) is 0 Å². The van der Waals surface area contributed by atoms with E-state index >= 15 is 0 Å². The Kier molecular flexibility index (Phi) is 3.05. The van der Waals surface area contributed by atoms with Gasteiger partial charge in [0, 0.05) is 24.3 Å². The Balaban J connectivity index is 2.10. The molecule has 108 valence electrons. The lowest BCUT2D eigenvalue weighted by Gasteiger charge is -2.46.